The predicted molar refractivity (Wildman–Crippen MR) is 151 cm³/mol. The number of hydrogen-bond donors (Lipinski definition) is 0. The third-order valence-corrected chi connectivity index (χ3v) is 7.85. The highest BCUT2D eigenvalue weighted by Crippen LogP contribution is 2.38. The Kier molecular flexibility index (Phi) is 9.78. The van der Waals surface area contributed by atoms with Crippen LogP contribution in [0.2, 0.25) is 0 Å². The van der Waals surface area contributed by atoms with Gasteiger partial charge in [-0.15, -0.1) is 0 Å². The molecule has 4 rings (SSSR count). The molecule has 0 unspecified atom stereocenters. The summed E-state index contributed by atoms with van der Waals surface area (Å²) in [5, 5.41) is 0. The first-order chi connectivity index (χ1) is 17.7. The number of aryl methyl sites for hydroxylation is 1. The van der Waals surface area contributed by atoms with Gasteiger partial charge in [0.05, 0.1) is 5.56 Å². The van der Waals surface area contributed by atoms with E-state index in [2.05, 4.69) is 38.1 Å². The number of unbranched alkanes of at least 4 members (excludes halogenated alkanes) is 3. The van der Waals surface area contributed by atoms with E-state index in [1.807, 2.05) is 48.5 Å². The van der Waals surface area contributed by atoms with Crippen LogP contribution in [0.5, 0.6) is 5.75 Å². The Morgan fingerprint density at radius 3 is 1.94 bits per heavy atom. The van der Waals surface area contributed by atoms with Gasteiger partial charge in [0, 0.05) is 0 Å². The summed E-state index contributed by atoms with van der Waals surface area (Å²) in [6.45, 7) is 4.48. The molecule has 0 atom stereocenters. The topological polar surface area (TPSA) is 26.3 Å². The molecule has 0 bridgehead atoms. The summed E-state index contributed by atoms with van der Waals surface area (Å²) in [4.78, 5) is 12.6. The molecule has 1 aliphatic rings. The van der Waals surface area contributed by atoms with Crippen molar-refractivity contribution in [2.45, 2.75) is 90.4 Å². The van der Waals surface area contributed by atoms with Gasteiger partial charge in [-0.3, -0.25) is 0 Å². The van der Waals surface area contributed by atoms with Gasteiger partial charge >= 0.3 is 5.97 Å². The van der Waals surface area contributed by atoms with Crippen LogP contribution in [0.15, 0.2) is 72.8 Å². The quantitative estimate of drug-likeness (QED) is 0.154. The zero-order chi connectivity index (χ0) is 25.2. The third kappa shape index (κ3) is 7.32. The predicted octanol–water partition coefficient (Wildman–Crippen LogP) is 9.77. The average Bonchev–Trinajstić information content (AvgIpc) is 2.93. The summed E-state index contributed by atoms with van der Waals surface area (Å²) in [6, 6.07) is 24.7. The molecule has 0 heterocycles. The van der Waals surface area contributed by atoms with Crippen LogP contribution in [-0.2, 0) is 6.42 Å². The lowest BCUT2D eigenvalue weighted by molar-refractivity contribution is 0.0734. The number of esters is 1. The Morgan fingerprint density at radius 1 is 0.722 bits per heavy atom. The molecule has 0 aromatic heterocycles. The minimum absolute atomic E-state index is 0.316. The highest BCUT2D eigenvalue weighted by atomic mass is 16.5. The maximum Gasteiger partial charge on any atom is 0.343 e. The van der Waals surface area contributed by atoms with E-state index >= 15 is 0 Å². The summed E-state index contributed by atoms with van der Waals surface area (Å²) in [5.74, 6) is 1.93. The van der Waals surface area contributed by atoms with Gasteiger partial charge in [-0.25, -0.2) is 4.79 Å². The average molecular weight is 483 g/mol. The highest BCUT2D eigenvalue weighted by molar-refractivity contribution is 5.91. The standard InChI is InChI=1S/C34H42O2/c1-3-5-7-9-27-10-14-28(15-11-27)29-16-18-30(19-17-29)31-20-22-32(23-21-31)34(35)36-33-24-12-26(13-25-33)8-6-4-2/h12-13,16-25,27-28H,3-11,14-15H2,1-2H3/t27-,28-. The number of carbonyl (C=O) groups is 1. The summed E-state index contributed by atoms with van der Waals surface area (Å²) >= 11 is 0. The van der Waals surface area contributed by atoms with Crippen molar-refractivity contribution in [2.75, 3.05) is 0 Å². The second-order valence-corrected chi connectivity index (χ2v) is 10.5. The molecule has 0 aliphatic heterocycles. The molecular weight excluding hydrogens is 440 g/mol. The maximum atomic E-state index is 12.6. The first-order valence-electron chi connectivity index (χ1n) is 14.2. The lowest BCUT2D eigenvalue weighted by Gasteiger charge is -2.29. The van der Waals surface area contributed by atoms with Crippen LogP contribution in [0.25, 0.3) is 11.1 Å². The Balaban J connectivity index is 1.29. The maximum absolute atomic E-state index is 12.6. The van der Waals surface area contributed by atoms with E-state index in [0.29, 0.717) is 17.2 Å². The smallest absolute Gasteiger partial charge is 0.343 e. The molecule has 3 aromatic carbocycles. The number of carbonyl (C=O) groups excluding carboxylic acids is 1. The summed E-state index contributed by atoms with van der Waals surface area (Å²) in [5.41, 5.74) is 5.64. The van der Waals surface area contributed by atoms with Crippen LogP contribution in [0.1, 0.15) is 105 Å². The highest BCUT2D eigenvalue weighted by Gasteiger charge is 2.22. The SMILES string of the molecule is CCCCC[C@H]1CC[C@H](c2ccc(-c3ccc(C(=O)Oc4ccc(CCCC)cc4)cc3)cc2)CC1. The lowest BCUT2D eigenvalue weighted by Crippen LogP contribution is -2.13. The van der Waals surface area contributed by atoms with Gasteiger partial charge in [-0.05, 0) is 96.9 Å². The minimum atomic E-state index is -0.316. The van der Waals surface area contributed by atoms with E-state index in [9.17, 15) is 4.79 Å². The van der Waals surface area contributed by atoms with Gasteiger partial charge < -0.3 is 4.74 Å². The number of hydrogen-bond acceptors (Lipinski definition) is 2. The molecule has 0 radical (unpaired) electrons. The fourth-order valence-corrected chi connectivity index (χ4v) is 5.48. The monoisotopic (exact) mass is 482 g/mol. The van der Waals surface area contributed by atoms with Gasteiger partial charge in [0.2, 0.25) is 0 Å². The number of ether oxygens (including phenoxy) is 1. The van der Waals surface area contributed by atoms with Gasteiger partial charge in [-0.2, -0.15) is 0 Å². The van der Waals surface area contributed by atoms with E-state index in [0.717, 1.165) is 17.9 Å². The van der Waals surface area contributed by atoms with Gasteiger partial charge in [0.25, 0.3) is 0 Å². The Labute approximate surface area is 218 Å². The normalized spacial score (nSPS) is 17.6. The van der Waals surface area contributed by atoms with E-state index in [-0.39, 0.29) is 5.97 Å². The van der Waals surface area contributed by atoms with E-state index in [1.54, 1.807) is 0 Å². The van der Waals surface area contributed by atoms with Crippen molar-refractivity contribution < 1.29 is 9.53 Å². The zero-order valence-corrected chi connectivity index (χ0v) is 22.2. The van der Waals surface area contributed by atoms with E-state index < -0.39 is 0 Å². The van der Waals surface area contributed by atoms with Gasteiger partial charge in [0.15, 0.2) is 0 Å². The second kappa shape index (κ2) is 13.4. The van der Waals surface area contributed by atoms with Crippen molar-refractivity contribution in [2.24, 2.45) is 5.92 Å². The number of benzene rings is 3. The van der Waals surface area contributed by atoms with E-state index in [1.165, 1.54) is 80.9 Å². The molecule has 1 aliphatic carbocycles. The molecular formula is C34H42O2. The second-order valence-electron chi connectivity index (χ2n) is 10.5. The first-order valence-corrected chi connectivity index (χ1v) is 14.2. The molecule has 1 saturated carbocycles. The summed E-state index contributed by atoms with van der Waals surface area (Å²) in [6.07, 6.45) is 14.4. The van der Waals surface area contributed by atoms with Crippen LogP contribution < -0.4 is 4.74 Å². The minimum Gasteiger partial charge on any atom is -0.423 e. The first kappa shape index (κ1) is 26.2. The summed E-state index contributed by atoms with van der Waals surface area (Å²) in [7, 11) is 0. The van der Waals surface area contributed by atoms with Crippen LogP contribution in [0, 0.1) is 5.92 Å². The molecule has 1 fully saturated rings. The van der Waals surface area contributed by atoms with Crippen LogP contribution in [0.3, 0.4) is 0 Å². The van der Waals surface area contributed by atoms with Crippen molar-refractivity contribution >= 4 is 5.97 Å². The van der Waals surface area contributed by atoms with Crippen LogP contribution in [-0.4, -0.2) is 5.97 Å². The zero-order valence-electron chi connectivity index (χ0n) is 22.2. The van der Waals surface area contributed by atoms with Crippen molar-refractivity contribution in [3.05, 3.63) is 89.5 Å². The largest absolute Gasteiger partial charge is 0.423 e. The molecule has 3 aromatic rings. The molecule has 0 saturated heterocycles. The third-order valence-electron chi connectivity index (χ3n) is 7.85. The fourth-order valence-electron chi connectivity index (χ4n) is 5.48. The Morgan fingerprint density at radius 2 is 1.33 bits per heavy atom. The summed E-state index contributed by atoms with van der Waals surface area (Å²) < 4.78 is 5.58. The molecule has 36 heavy (non-hydrogen) atoms. The van der Waals surface area contributed by atoms with Crippen molar-refractivity contribution in [3.8, 4) is 16.9 Å². The van der Waals surface area contributed by atoms with Crippen LogP contribution in [0.4, 0.5) is 0 Å². The van der Waals surface area contributed by atoms with Gasteiger partial charge in [0.1, 0.15) is 5.75 Å². The molecule has 190 valence electrons. The van der Waals surface area contributed by atoms with E-state index in [4.69, 9.17) is 4.74 Å². The molecule has 0 N–H and O–H groups in total. The molecule has 0 spiro atoms. The van der Waals surface area contributed by atoms with Crippen molar-refractivity contribution in [3.63, 3.8) is 0 Å². The Hall–Kier alpha value is -2.87. The Bertz CT molecular complexity index is 1060. The van der Waals surface area contributed by atoms with Crippen molar-refractivity contribution in [1.29, 1.82) is 0 Å². The lowest BCUT2D eigenvalue weighted by atomic mass is 9.77. The van der Waals surface area contributed by atoms with Crippen molar-refractivity contribution in [1.82, 2.24) is 0 Å². The number of rotatable bonds is 11. The van der Waals surface area contributed by atoms with Crippen LogP contribution >= 0.6 is 0 Å². The fraction of sp³-hybridized carbons (Fsp3) is 0.441. The molecule has 0 amide bonds. The van der Waals surface area contributed by atoms with Gasteiger partial charge in [-0.1, -0.05) is 94.5 Å². The molecule has 2 heteroatoms. The molecule has 2 nitrogen and oxygen atoms in total.